The van der Waals surface area contributed by atoms with Crippen LogP contribution < -0.4 is 16.0 Å². The third-order valence-electron chi connectivity index (χ3n) is 5.23. The topological polar surface area (TPSA) is 112 Å². The number of sulfone groups is 1. The molecule has 0 aliphatic carbocycles. The molecule has 0 radical (unpaired) electrons. The van der Waals surface area contributed by atoms with Crippen LogP contribution in [-0.4, -0.2) is 95.2 Å². The van der Waals surface area contributed by atoms with Gasteiger partial charge in [0.1, 0.15) is 0 Å². The zero-order valence-electron chi connectivity index (χ0n) is 17.2. The molecule has 3 N–H and O–H groups in total. The zero-order valence-corrected chi connectivity index (χ0v) is 18.1. The first-order valence-electron chi connectivity index (χ1n) is 10.1. The summed E-state index contributed by atoms with van der Waals surface area (Å²) < 4.78 is 28.4. The van der Waals surface area contributed by atoms with Crippen molar-refractivity contribution < 1.29 is 17.9 Å². The van der Waals surface area contributed by atoms with Gasteiger partial charge in [-0.25, -0.2) is 8.42 Å². The van der Waals surface area contributed by atoms with Gasteiger partial charge in [0.05, 0.1) is 24.7 Å². The first-order valence-corrected chi connectivity index (χ1v) is 11.9. The first-order chi connectivity index (χ1) is 13.3. The van der Waals surface area contributed by atoms with E-state index in [1.54, 1.807) is 7.05 Å². The third-order valence-corrected chi connectivity index (χ3v) is 7.00. The summed E-state index contributed by atoms with van der Waals surface area (Å²) in [6.07, 6.45) is 0.775. The average molecular weight is 418 g/mol. The molecular weight excluding hydrogens is 382 g/mol. The Bertz CT molecular complexity index is 632. The van der Waals surface area contributed by atoms with Gasteiger partial charge in [0.15, 0.2) is 15.8 Å². The van der Waals surface area contributed by atoms with E-state index < -0.39 is 9.84 Å². The van der Waals surface area contributed by atoms with Crippen LogP contribution in [0.2, 0.25) is 0 Å². The lowest BCUT2D eigenvalue weighted by molar-refractivity contribution is -0.121. The van der Waals surface area contributed by atoms with E-state index in [0.29, 0.717) is 30.9 Å². The number of aliphatic imine (C=N–C) groups is 1. The van der Waals surface area contributed by atoms with E-state index in [1.807, 2.05) is 0 Å². The van der Waals surface area contributed by atoms with Crippen molar-refractivity contribution in [1.82, 2.24) is 20.9 Å². The molecule has 0 aromatic carbocycles. The molecule has 0 bridgehead atoms. The summed E-state index contributed by atoms with van der Waals surface area (Å²) >= 11 is 0. The van der Waals surface area contributed by atoms with Gasteiger partial charge in [-0.15, -0.1) is 0 Å². The van der Waals surface area contributed by atoms with Crippen LogP contribution in [0.15, 0.2) is 4.99 Å². The van der Waals surface area contributed by atoms with Gasteiger partial charge in [0.25, 0.3) is 0 Å². The lowest BCUT2D eigenvalue weighted by Crippen LogP contribution is -2.52. The summed E-state index contributed by atoms with van der Waals surface area (Å²) in [6.45, 7) is 9.05. The molecule has 2 atom stereocenters. The number of rotatable bonds is 8. The fourth-order valence-corrected chi connectivity index (χ4v) is 5.29. The molecule has 2 rings (SSSR count). The molecule has 2 heterocycles. The van der Waals surface area contributed by atoms with Crippen LogP contribution in [0, 0.1) is 5.92 Å². The Morgan fingerprint density at radius 1 is 1.25 bits per heavy atom. The number of guanidine groups is 1. The van der Waals surface area contributed by atoms with E-state index in [-0.39, 0.29) is 29.9 Å². The van der Waals surface area contributed by atoms with E-state index >= 15 is 0 Å². The summed E-state index contributed by atoms with van der Waals surface area (Å²) in [6, 6.07) is 0.130. The maximum absolute atomic E-state index is 12.0. The Kier molecular flexibility index (Phi) is 8.97. The highest BCUT2D eigenvalue weighted by atomic mass is 32.2. The molecule has 2 aliphatic rings. The zero-order chi connectivity index (χ0) is 20.6. The van der Waals surface area contributed by atoms with E-state index in [0.717, 1.165) is 32.8 Å². The predicted molar refractivity (Wildman–Crippen MR) is 110 cm³/mol. The molecule has 2 saturated heterocycles. The van der Waals surface area contributed by atoms with Crippen LogP contribution in [0.25, 0.3) is 0 Å². The minimum Gasteiger partial charge on any atom is -0.379 e. The quantitative estimate of drug-likeness (QED) is 0.350. The van der Waals surface area contributed by atoms with Crippen molar-refractivity contribution in [3.8, 4) is 0 Å². The smallest absolute Gasteiger partial charge is 0.222 e. The minimum absolute atomic E-state index is 0.0491. The minimum atomic E-state index is -2.98. The molecule has 9 nitrogen and oxygen atoms in total. The van der Waals surface area contributed by atoms with Crippen molar-refractivity contribution in [3.05, 3.63) is 0 Å². The van der Waals surface area contributed by atoms with Crippen molar-refractivity contribution in [1.29, 1.82) is 0 Å². The highest BCUT2D eigenvalue weighted by Crippen LogP contribution is 2.12. The van der Waals surface area contributed by atoms with Gasteiger partial charge >= 0.3 is 0 Å². The molecule has 0 aromatic rings. The van der Waals surface area contributed by atoms with Crippen LogP contribution in [-0.2, 0) is 19.4 Å². The molecule has 2 unspecified atom stereocenters. The maximum Gasteiger partial charge on any atom is 0.222 e. The summed E-state index contributed by atoms with van der Waals surface area (Å²) in [5.74, 6) is 1.23. The van der Waals surface area contributed by atoms with Gasteiger partial charge in [-0.2, -0.15) is 0 Å². The van der Waals surface area contributed by atoms with Gasteiger partial charge in [0, 0.05) is 51.7 Å². The first kappa shape index (κ1) is 22.9. The monoisotopic (exact) mass is 417 g/mol. The number of carbonyl (C=O) groups is 1. The Labute approximate surface area is 168 Å². The Morgan fingerprint density at radius 2 is 1.96 bits per heavy atom. The standard InChI is InChI=1S/C18H35N5O4S/c1-14(2)16(23-7-9-27-10-8-23)12-21-18(19-3)20-6-4-17(24)22-15-5-11-28(25,26)13-15/h14-16H,4-13H2,1-3H3,(H,22,24)(H2,19,20,21). The van der Waals surface area contributed by atoms with Crippen LogP contribution in [0.3, 0.4) is 0 Å². The van der Waals surface area contributed by atoms with Gasteiger partial charge in [0.2, 0.25) is 5.91 Å². The molecule has 0 aromatic heterocycles. The molecule has 10 heteroatoms. The van der Waals surface area contributed by atoms with E-state index in [4.69, 9.17) is 4.74 Å². The van der Waals surface area contributed by atoms with Gasteiger partial charge < -0.3 is 20.7 Å². The number of nitrogens with zero attached hydrogens (tertiary/aromatic N) is 2. The molecule has 1 amide bonds. The second-order valence-electron chi connectivity index (χ2n) is 7.76. The average Bonchev–Trinajstić information content (AvgIpc) is 2.99. The highest BCUT2D eigenvalue weighted by molar-refractivity contribution is 7.91. The van der Waals surface area contributed by atoms with Gasteiger partial charge in [-0.05, 0) is 12.3 Å². The van der Waals surface area contributed by atoms with Gasteiger partial charge in [-0.3, -0.25) is 14.7 Å². The molecule has 28 heavy (non-hydrogen) atoms. The number of morpholine rings is 1. The molecule has 0 saturated carbocycles. The van der Waals surface area contributed by atoms with Crippen molar-refractivity contribution in [2.75, 3.05) is 57.9 Å². The Hall–Kier alpha value is -1.39. The Balaban J connectivity index is 1.69. The Morgan fingerprint density at radius 3 is 2.54 bits per heavy atom. The number of hydrogen-bond acceptors (Lipinski definition) is 6. The van der Waals surface area contributed by atoms with Crippen molar-refractivity contribution in [2.45, 2.75) is 38.8 Å². The van der Waals surface area contributed by atoms with Crippen LogP contribution in [0.5, 0.6) is 0 Å². The predicted octanol–water partition coefficient (Wildman–Crippen LogP) is -0.798. The molecule has 2 aliphatic heterocycles. The SMILES string of the molecule is CN=C(NCCC(=O)NC1CCS(=O)(=O)C1)NCC(C(C)C)N1CCOCC1. The van der Waals surface area contributed by atoms with Crippen LogP contribution in [0.1, 0.15) is 26.7 Å². The molecule has 2 fully saturated rings. The summed E-state index contributed by atoms with van der Waals surface area (Å²) in [5.41, 5.74) is 0. The van der Waals surface area contributed by atoms with Crippen molar-refractivity contribution >= 4 is 21.7 Å². The molecule has 0 spiro atoms. The van der Waals surface area contributed by atoms with E-state index in [1.165, 1.54) is 0 Å². The third kappa shape index (κ3) is 7.56. The lowest BCUT2D eigenvalue weighted by Gasteiger charge is -2.37. The fourth-order valence-electron chi connectivity index (χ4n) is 3.62. The normalized spacial score (nSPS) is 24.1. The summed E-state index contributed by atoms with van der Waals surface area (Å²) in [7, 11) is -1.28. The largest absolute Gasteiger partial charge is 0.379 e. The fraction of sp³-hybridized carbons (Fsp3) is 0.889. The maximum atomic E-state index is 12.0. The second kappa shape index (κ2) is 11.0. The number of hydrogen-bond donors (Lipinski definition) is 3. The number of amides is 1. The van der Waals surface area contributed by atoms with Crippen LogP contribution in [0.4, 0.5) is 0 Å². The molecule has 162 valence electrons. The van der Waals surface area contributed by atoms with Gasteiger partial charge in [-0.1, -0.05) is 13.8 Å². The van der Waals surface area contributed by atoms with Crippen LogP contribution >= 0.6 is 0 Å². The van der Waals surface area contributed by atoms with Crippen molar-refractivity contribution in [3.63, 3.8) is 0 Å². The molecular formula is C18H35N5O4S. The van der Waals surface area contributed by atoms with E-state index in [2.05, 4.69) is 39.7 Å². The summed E-state index contributed by atoms with van der Waals surface area (Å²) in [4.78, 5) is 18.7. The lowest BCUT2D eigenvalue weighted by atomic mass is 10.0. The highest BCUT2D eigenvalue weighted by Gasteiger charge is 2.28. The van der Waals surface area contributed by atoms with E-state index in [9.17, 15) is 13.2 Å². The number of nitrogens with one attached hydrogen (secondary N) is 3. The van der Waals surface area contributed by atoms with Crippen molar-refractivity contribution in [2.24, 2.45) is 10.9 Å². The number of carbonyl (C=O) groups excluding carboxylic acids is 1. The second-order valence-corrected chi connectivity index (χ2v) is 9.99. The number of ether oxygens (including phenoxy) is 1. The summed E-state index contributed by atoms with van der Waals surface area (Å²) in [5, 5.41) is 9.30.